The van der Waals surface area contributed by atoms with Gasteiger partial charge in [0.2, 0.25) is 0 Å². The molecular formula is C20H22O5. The molecule has 0 aliphatic carbocycles. The second-order valence-electron chi connectivity index (χ2n) is 5.70. The Labute approximate surface area is 147 Å². The fourth-order valence-corrected chi connectivity index (χ4v) is 2.12. The Morgan fingerprint density at radius 1 is 0.720 bits per heavy atom. The summed E-state index contributed by atoms with van der Waals surface area (Å²) in [6.45, 7) is 3.96. The molecule has 0 radical (unpaired) electrons. The molecule has 0 unspecified atom stereocenters. The van der Waals surface area contributed by atoms with Crippen LogP contribution in [0.1, 0.15) is 34.6 Å². The summed E-state index contributed by atoms with van der Waals surface area (Å²) in [5, 5.41) is 0. The Morgan fingerprint density at radius 2 is 1.08 bits per heavy atom. The molecule has 2 rings (SSSR count). The van der Waals surface area contributed by atoms with Gasteiger partial charge in [-0.2, -0.15) is 0 Å². The number of esters is 2. The van der Waals surface area contributed by atoms with Crippen molar-refractivity contribution in [2.75, 3.05) is 13.2 Å². The van der Waals surface area contributed by atoms with Gasteiger partial charge in [0.05, 0.1) is 24.3 Å². The lowest BCUT2D eigenvalue weighted by Gasteiger charge is -2.17. The van der Waals surface area contributed by atoms with Gasteiger partial charge in [-0.3, -0.25) is 0 Å². The summed E-state index contributed by atoms with van der Waals surface area (Å²) in [5.41, 5.74) is 0.999. The zero-order valence-corrected chi connectivity index (χ0v) is 14.4. The monoisotopic (exact) mass is 342 g/mol. The first kappa shape index (κ1) is 18.7. The van der Waals surface area contributed by atoms with E-state index in [0.29, 0.717) is 11.1 Å². The van der Waals surface area contributed by atoms with Crippen molar-refractivity contribution in [3.05, 3.63) is 71.8 Å². The maximum Gasteiger partial charge on any atom is 0.338 e. The summed E-state index contributed by atoms with van der Waals surface area (Å²) >= 11 is 0. The van der Waals surface area contributed by atoms with E-state index in [-0.39, 0.29) is 25.2 Å². The van der Waals surface area contributed by atoms with Gasteiger partial charge in [0, 0.05) is 0 Å². The number of hydrogen-bond donors (Lipinski definition) is 0. The van der Waals surface area contributed by atoms with Crippen molar-refractivity contribution in [1.82, 2.24) is 0 Å². The molecule has 5 nitrogen and oxygen atoms in total. The van der Waals surface area contributed by atoms with Crippen molar-refractivity contribution < 1.29 is 23.8 Å². The van der Waals surface area contributed by atoms with Crippen LogP contribution in [0.3, 0.4) is 0 Å². The maximum atomic E-state index is 11.9. The van der Waals surface area contributed by atoms with Crippen LogP contribution in [0.15, 0.2) is 60.7 Å². The molecule has 0 spiro atoms. The van der Waals surface area contributed by atoms with Crippen LogP contribution in [0.5, 0.6) is 0 Å². The van der Waals surface area contributed by atoms with E-state index in [9.17, 15) is 9.59 Å². The first-order valence-electron chi connectivity index (χ1n) is 8.16. The lowest BCUT2D eigenvalue weighted by molar-refractivity contribution is -0.0262. The minimum atomic E-state index is -0.398. The molecule has 0 N–H and O–H groups in total. The minimum absolute atomic E-state index is 0.228. The van der Waals surface area contributed by atoms with Crippen LogP contribution in [0.25, 0.3) is 0 Å². The Bertz CT molecular complexity index is 610. The molecule has 0 amide bonds. The third kappa shape index (κ3) is 6.39. The predicted molar refractivity (Wildman–Crippen MR) is 93.5 cm³/mol. The molecule has 0 saturated heterocycles. The van der Waals surface area contributed by atoms with E-state index in [2.05, 4.69) is 0 Å². The molecule has 25 heavy (non-hydrogen) atoms. The van der Waals surface area contributed by atoms with E-state index < -0.39 is 12.2 Å². The van der Waals surface area contributed by atoms with Crippen LogP contribution in [0, 0.1) is 0 Å². The Kier molecular flexibility index (Phi) is 7.16. The first-order valence-corrected chi connectivity index (χ1v) is 8.16. The second-order valence-corrected chi connectivity index (χ2v) is 5.70. The highest BCUT2D eigenvalue weighted by Crippen LogP contribution is 2.06. The summed E-state index contributed by atoms with van der Waals surface area (Å²) in [7, 11) is 0. The van der Waals surface area contributed by atoms with Gasteiger partial charge in [-0.25, -0.2) is 9.59 Å². The van der Waals surface area contributed by atoms with Gasteiger partial charge in [0.1, 0.15) is 12.2 Å². The summed E-state index contributed by atoms with van der Waals surface area (Å²) in [6.07, 6.45) is -0.797. The van der Waals surface area contributed by atoms with Crippen molar-refractivity contribution >= 4 is 11.9 Å². The van der Waals surface area contributed by atoms with Gasteiger partial charge in [-0.05, 0) is 38.1 Å². The largest absolute Gasteiger partial charge is 0.457 e. The lowest BCUT2D eigenvalue weighted by Crippen LogP contribution is -2.25. The molecule has 0 aromatic heterocycles. The molecule has 0 bridgehead atoms. The van der Waals surface area contributed by atoms with Crippen molar-refractivity contribution in [1.29, 1.82) is 0 Å². The highest BCUT2D eigenvalue weighted by atomic mass is 16.6. The summed E-state index contributed by atoms with van der Waals surface area (Å²) < 4.78 is 16.1. The molecule has 2 atom stereocenters. The van der Waals surface area contributed by atoms with Crippen molar-refractivity contribution in [2.24, 2.45) is 0 Å². The Balaban J connectivity index is 1.67. The van der Waals surface area contributed by atoms with Gasteiger partial charge in [0.15, 0.2) is 0 Å². The quantitative estimate of drug-likeness (QED) is 0.687. The summed E-state index contributed by atoms with van der Waals surface area (Å²) in [5.74, 6) is -0.777. The first-order chi connectivity index (χ1) is 12.1. The number of benzene rings is 2. The van der Waals surface area contributed by atoms with Gasteiger partial charge < -0.3 is 14.2 Å². The average molecular weight is 342 g/mol. The van der Waals surface area contributed by atoms with E-state index in [1.54, 1.807) is 62.4 Å². The molecule has 0 saturated carbocycles. The number of rotatable bonds is 8. The highest BCUT2D eigenvalue weighted by Gasteiger charge is 2.14. The lowest BCUT2D eigenvalue weighted by atomic mass is 10.2. The number of hydrogen-bond acceptors (Lipinski definition) is 5. The van der Waals surface area contributed by atoms with E-state index in [0.717, 1.165) is 0 Å². The average Bonchev–Trinajstić information content (AvgIpc) is 2.63. The number of carbonyl (C=O) groups excluding carboxylic acids is 2. The summed E-state index contributed by atoms with van der Waals surface area (Å²) in [6, 6.07) is 17.6. The Morgan fingerprint density at radius 3 is 1.44 bits per heavy atom. The highest BCUT2D eigenvalue weighted by molar-refractivity contribution is 5.89. The normalized spacial score (nSPS) is 12.9. The molecule has 2 aromatic carbocycles. The van der Waals surface area contributed by atoms with Gasteiger partial charge >= 0.3 is 11.9 Å². The standard InChI is InChI=1S/C20H22O5/c1-15(24-19(21)17-9-5-3-6-10-17)13-23-14-16(2)25-20(22)18-11-7-4-8-12-18/h3-12,15-16H,13-14H2,1-2H3/t15-,16+. The molecule has 0 aliphatic heterocycles. The van der Waals surface area contributed by atoms with Gasteiger partial charge in [-0.1, -0.05) is 36.4 Å². The van der Waals surface area contributed by atoms with Crippen LogP contribution >= 0.6 is 0 Å². The molecule has 132 valence electrons. The van der Waals surface area contributed by atoms with Crippen LogP contribution in [0.4, 0.5) is 0 Å². The maximum absolute atomic E-state index is 11.9. The third-order valence-corrected chi connectivity index (χ3v) is 3.34. The fourth-order valence-electron chi connectivity index (χ4n) is 2.12. The van der Waals surface area contributed by atoms with Crippen LogP contribution < -0.4 is 0 Å². The molecule has 0 aliphatic rings. The fraction of sp³-hybridized carbons (Fsp3) is 0.300. The smallest absolute Gasteiger partial charge is 0.338 e. The van der Waals surface area contributed by atoms with Crippen molar-refractivity contribution in [3.8, 4) is 0 Å². The van der Waals surface area contributed by atoms with Crippen molar-refractivity contribution in [3.63, 3.8) is 0 Å². The second kappa shape index (κ2) is 9.59. The number of ether oxygens (including phenoxy) is 3. The van der Waals surface area contributed by atoms with E-state index in [1.807, 2.05) is 12.1 Å². The Hall–Kier alpha value is -2.66. The topological polar surface area (TPSA) is 61.8 Å². The SMILES string of the molecule is C[C@H](COC[C@H](C)OC(=O)c1ccccc1)OC(=O)c1ccccc1. The predicted octanol–water partition coefficient (Wildman–Crippen LogP) is 3.49. The van der Waals surface area contributed by atoms with E-state index in [4.69, 9.17) is 14.2 Å². The van der Waals surface area contributed by atoms with Gasteiger partial charge in [0.25, 0.3) is 0 Å². The molecule has 5 heteroatoms. The van der Waals surface area contributed by atoms with E-state index in [1.165, 1.54) is 0 Å². The molecule has 0 heterocycles. The third-order valence-electron chi connectivity index (χ3n) is 3.34. The van der Waals surface area contributed by atoms with Crippen LogP contribution in [-0.2, 0) is 14.2 Å². The number of carbonyl (C=O) groups is 2. The van der Waals surface area contributed by atoms with Crippen molar-refractivity contribution in [2.45, 2.75) is 26.1 Å². The van der Waals surface area contributed by atoms with Crippen LogP contribution in [-0.4, -0.2) is 37.4 Å². The summed E-state index contributed by atoms with van der Waals surface area (Å²) in [4.78, 5) is 23.8. The zero-order chi connectivity index (χ0) is 18.1. The van der Waals surface area contributed by atoms with E-state index >= 15 is 0 Å². The minimum Gasteiger partial charge on any atom is -0.457 e. The molecule has 0 fully saturated rings. The van der Waals surface area contributed by atoms with Gasteiger partial charge in [-0.15, -0.1) is 0 Å². The molecular weight excluding hydrogens is 320 g/mol. The molecule has 2 aromatic rings. The van der Waals surface area contributed by atoms with Crippen LogP contribution in [0.2, 0.25) is 0 Å². The zero-order valence-electron chi connectivity index (χ0n) is 14.4.